The standard InChI is InChI=1S/C26H28FN7O4/c1-26(2,3)38-25(36)32-12-10-17(11-13-32)34-23-21(22(28)30-15-31-23)33(24(34)35)18-6-9-20(29-14-18)37-19-7-4-16(27)5-8-19/h4-9,14-15,17H,10-13H2,1-3H3,(H2,28,30,31). The fourth-order valence-corrected chi connectivity index (χ4v) is 4.46. The smallest absolute Gasteiger partial charge is 0.410 e. The zero-order chi connectivity index (χ0) is 27.0. The molecule has 12 heteroatoms. The van der Waals surface area contributed by atoms with Crippen molar-refractivity contribution >= 4 is 23.1 Å². The number of fused-ring (bicyclic) bond motifs is 1. The number of nitrogens with two attached hydrogens (primary N) is 1. The van der Waals surface area contributed by atoms with Gasteiger partial charge in [0.15, 0.2) is 11.5 Å². The minimum Gasteiger partial charge on any atom is -0.444 e. The van der Waals surface area contributed by atoms with E-state index in [1.54, 1.807) is 21.6 Å². The van der Waals surface area contributed by atoms with E-state index in [1.807, 2.05) is 20.8 Å². The Bertz CT molecular complexity index is 1520. The van der Waals surface area contributed by atoms with Crippen LogP contribution in [0.4, 0.5) is 15.0 Å². The predicted molar refractivity (Wildman–Crippen MR) is 138 cm³/mol. The average molecular weight is 522 g/mol. The number of imidazole rings is 1. The molecule has 3 aromatic heterocycles. The van der Waals surface area contributed by atoms with E-state index in [9.17, 15) is 14.0 Å². The van der Waals surface area contributed by atoms with Gasteiger partial charge in [-0.2, -0.15) is 0 Å². The number of likely N-dealkylation sites (tertiary alicyclic amines) is 1. The lowest BCUT2D eigenvalue weighted by Gasteiger charge is -2.33. The van der Waals surface area contributed by atoms with E-state index < -0.39 is 5.60 Å². The molecule has 198 valence electrons. The van der Waals surface area contributed by atoms with E-state index in [-0.39, 0.29) is 35.3 Å². The van der Waals surface area contributed by atoms with Crippen LogP contribution in [0, 0.1) is 5.82 Å². The van der Waals surface area contributed by atoms with Crippen molar-refractivity contribution in [3.63, 3.8) is 0 Å². The van der Waals surface area contributed by atoms with Crippen LogP contribution >= 0.6 is 0 Å². The van der Waals surface area contributed by atoms with Crippen LogP contribution in [0.5, 0.6) is 11.6 Å². The second-order valence-corrected chi connectivity index (χ2v) is 10.0. The van der Waals surface area contributed by atoms with E-state index >= 15 is 0 Å². The molecule has 1 saturated heterocycles. The summed E-state index contributed by atoms with van der Waals surface area (Å²) in [5, 5.41) is 0. The Kier molecular flexibility index (Phi) is 6.47. The number of amides is 1. The van der Waals surface area contributed by atoms with Crippen LogP contribution in [0.25, 0.3) is 16.9 Å². The number of pyridine rings is 1. The lowest BCUT2D eigenvalue weighted by atomic mass is 10.1. The second-order valence-electron chi connectivity index (χ2n) is 10.0. The molecule has 0 bridgehead atoms. The first-order chi connectivity index (χ1) is 18.1. The number of benzene rings is 1. The molecular formula is C26H28FN7O4. The van der Waals surface area contributed by atoms with Gasteiger partial charge < -0.3 is 20.1 Å². The van der Waals surface area contributed by atoms with Crippen LogP contribution in [0.3, 0.4) is 0 Å². The highest BCUT2D eigenvalue weighted by atomic mass is 19.1. The molecule has 38 heavy (non-hydrogen) atoms. The van der Waals surface area contributed by atoms with Crippen molar-refractivity contribution in [2.75, 3.05) is 18.8 Å². The van der Waals surface area contributed by atoms with Crippen molar-refractivity contribution < 1.29 is 18.7 Å². The highest BCUT2D eigenvalue weighted by molar-refractivity contribution is 5.84. The molecule has 5 rings (SSSR count). The van der Waals surface area contributed by atoms with Gasteiger partial charge in [0.1, 0.15) is 29.0 Å². The maximum atomic E-state index is 13.8. The normalized spacial score (nSPS) is 14.6. The Balaban J connectivity index is 1.43. The number of carbonyl (C=O) groups is 1. The third-order valence-corrected chi connectivity index (χ3v) is 6.18. The second kappa shape index (κ2) is 9.77. The highest BCUT2D eigenvalue weighted by Gasteiger charge is 2.31. The first kappa shape index (κ1) is 25.2. The van der Waals surface area contributed by atoms with E-state index in [4.69, 9.17) is 15.2 Å². The predicted octanol–water partition coefficient (Wildman–Crippen LogP) is 4.06. The zero-order valence-corrected chi connectivity index (χ0v) is 21.3. The topological polar surface area (TPSA) is 130 Å². The first-order valence-corrected chi connectivity index (χ1v) is 12.2. The van der Waals surface area contributed by atoms with Gasteiger partial charge in [-0.05, 0) is 63.9 Å². The number of nitrogen functional groups attached to an aromatic ring is 1. The summed E-state index contributed by atoms with van der Waals surface area (Å²) in [4.78, 5) is 40.7. The molecule has 1 aliphatic rings. The van der Waals surface area contributed by atoms with Crippen molar-refractivity contribution in [1.82, 2.24) is 29.0 Å². The summed E-state index contributed by atoms with van der Waals surface area (Å²) < 4.78 is 27.4. The summed E-state index contributed by atoms with van der Waals surface area (Å²) in [6.07, 6.45) is 3.54. The maximum absolute atomic E-state index is 13.8. The quantitative estimate of drug-likeness (QED) is 0.425. The fourth-order valence-electron chi connectivity index (χ4n) is 4.46. The van der Waals surface area contributed by atoms with Gasteiger partial charge in [-0.1, -0.05) is 0 Å². The van der Waals surface area contributed by atoms with Gasteiger partial charge >= 0.3 is 11.8 Å². The van der Waals surface area contributed by atoms with Crippen molar-refractivity contribution in [3.8, 4) is 17.3 Å². The summed E-state index contributed by atoms with van der Waals surface area (Å²) in [5.41, 5.74) is 6.52. The van der Waals surface area contributed by atoms with Crippen molar-refractivity contribution in [2.45, 2.75) is 45.3 Å². The number of nitrogens with zero attached hydrogens (tertiary/aromatic N) is 6. The SMILES string of the molecule is CC(C)(C)OC(=O)N1CCC(n2c(=O)n(-c3ccc(Oc4ccc(F)cc4)nc3)c3c(N)ncnc32)CC1. The van der Waals surface area contributed by atoms with Gasteiger partial charge in [-0.15, -0.1) is 0 Å². The van der Waals surface area contributed by atoms with Crippen molar-refractivity contribution in [3.05, 3.63) is 65.2 Å². The van der Waals surface area contributed by atoms with Crippen LogP contribution in [0.2, 0.25) is 0 Å². The van der Waals surface area contributed by atoms with Gasteiger partial charge in [0, 0.05) is 25.2 Å². The molecule has 2 N–H and O–H groups in total. The number of halogens is 1. The number of aromatic nitrogens is 5. The lowest BCUT2D eigenvalue weighted by molar-refractivity contribution is 0.0188. The number of carbonyl (C=O) groups excluding carboxylic acids is 1. The third kappa shape index (κ3) is 5.01. The molecule has 4 heterocycles. The molecule has 4 aromatic rings. The molecule has 0 spiro atoms. The molecule has 1 aliphatic heterocycles. The number of hydrogen-bond donors (Lipinski definition) is 1. The van der Waals surface area contributed by atoms with Gasteiger partial charge in [0.2, 0.25) is 5.88 Å². The molecule has 0 radical (unpaired) electrons. The minimum atomic E-state index is -0.583. The number of hydrogen-bond acceptors (Lipinski definition) is 8. The Morgan fingerprint density at radius 3 is 2.39 bits per heavy atom. The molecule has 1 fully saturated rings. The molecule has 1 amide bonds. The summed E-state index contributed by atoms with van der Waals surface area (Å²) >= 11 is 0. The summed E-state index contributed by atoms with van der Waals surface area (Å²) in [6, 6.07) is 8.65. The number of rotatable bonds is 4. The minimum absolute atomic E-state index is 0.156. The molecule has 11 nitrogen and oxygen atoms in total. The lowest BCUT2D eigenvalue weighted by Crippen LogP contribution is -2.43. The third-order valence-electron chi connectivity index (χ3n) is 6.18. The van der Waals surface area contributed by atoms with Crippen LogP contribution in [0.1, 0.15) is 39.7 Å². The zero-order valence-electron chi connectivity index (χ0n) is 21.3. The monoisotopic (exact) mass is 521 g/mol. The van der Waals surface area contributed by atoms with Crippen LogP contribution in [0.15, 0.2) is 53.7 Å². The average Bonchev–Trinajstić information content (AvgIpc) is 3.18. The Morgan fingerprint density at radius 1 is 1.05 bits per heavy atom. The summed E-state index contributed by atoms with van der Waals surface area (Å²) in [5.74, 6) is 0.488. The van der Waals surface area contributed by atoms with Gasteiger partial charge in [0.25, 0.3) is 0 Å². The Labute approximate surface area is 217 Å². The summed E-state index contributed by atoms with van der Waals surface area (Å²) in [6.45, 7) is 6.36. The Morgan fingerprint density at radius 2 is 1.76 bits per heavy atom. The first-order valence-electron chi connectivity index (χ1n) is 12.2. The van der Waals surface area contributed by atoms with Crippen molar-refractivity contribution in [1.29, 1.82) is 0 Å². The fraction of sp³-hybridized carbons (Fsp3) is 0.346. The van der Waals surface area contributed by atoms with Gasteiger partial charge in [0.05, 0.1) is 11.9 Å². The molecule has 0 aliphatic carbocycles. The van der Waals surface area contributed by atoms with Crippen LogP contribution in [-0.4, -0.2) is 53.8 Å². The van der Waals surface area contributed by atoms with Crippen molar-refractivity contribution in [2.24, 2.45) is 0 Å². The van der Waals surface area contributed by atoms with E-state index in [0.29, 0.717) is 48.5 Å². The van der Waals surface area contributed by atoms with Crippen LogP contribution < -0.4 is 16.2 Å². The van der Waals surface area contributed by atoms with Crippen LogP contribution in [-0.2, 0) is 4.74 Å². The highest BCUT2D eigenvalue weighted by Crippen LogP contribution is 2.29. The van der Waals surface area contributed by atoms with E-state index in [1.165, 1.54) is 41.4 Å². The molecule has 0 saturated carbocycles. The number of piperidine rings is 1. The summed E-state index contributed by atoms with van der Waals surface area (Å²) in [7, 11) is 0. The van der Waals surface area contributed by atoms with Gasteiger partial charge in [-0.25, -0.2) is 28.9 Å². The number of anilines is 1. The van der Waals surface area contributed by atoms with E-state index in [0.717, 1.165) is 0 Å². The van der Waals surface area contributed by atoms with E-state index in [2.05, 4.69) is 15.0 Å². The Hall–Kier alpha value is -4.48. The molecular weight excluding hydrogens is 493 g/mol. The molecule has 1 aromatic carbocycles. The largest absolute Gasteiger partial charge is 0.444 e. The molecule has 0 atom stereocenters. The molecule has 0 unspecified atom stereocenters. The van der Waals surface area contributed by atoms with Gasteiger partial charge in [-0.3, -0.25) is 9.13 Å². The maximum Gasteiger partial charge on any atom is 0.410 e. The number of ether oxygens (including phenoxy) is 2.